The third-order valence-electron chi connectivity index (χ3n) is 2.45. The van der Waals surface area contributed by atoms with Crippen molar-refractivity contribution in [3.05, 3.63) is 11.7 Å². The third-order valence-corrected chi connectivity index (χ3v) is 2.45. The van der Waals surface area contributed by atoms with Gasteiger partial charge in [-0.2, -0.15) is 18.2 Å². The highest BCUT2D eigenvalue weighted by molar-refractivity contribution is 4.92. The fourth-order valence-electron chi connectivity index (χ4n) is 1.77. The molecule has 2 heterocycles. The lowest BCUT2D eigenvalue weighted by atomic mass is 10.1. The van der Waals surface area contributed by atoms with Crippen molar-refractivity contribution in [2.24, 2.45) is 0 Å². The first-order valence-corrected chi connectivity index (χ1v) is 5.14. The highest BCUT2D eigenvalue weighted by Gasteiger charge is 2.30. The van der Waals surface area contributed by atoms with Gasteiger partial charge in [0.2, 0.25) is 5.89 Å². The summed E-state index contributed by atoms with van der Waals surface area (Å²) in [6, 6.07) is 0.249. The average molecular weight is 235 g/mol. The molecule has 1 saturated heterocycles. The predicted molar refractivity (Wildman–Crippen MR) is 48.8 cm³/mol. The molecule has 0 aromatic carbocycles. The van der Waals surface area contributed by atoms with Gasteiger partial charge in [-0.3, -0.25) is 0 Å². The number of nitrogens with one attached hydrogen (secondary N) is 1. The Balaban J connectivity index is 1.91. The highest BCUT2D eigenvalue weighted by Crippen LogP contribution is 2.20. The molecule has 1 aromatic rings. The van der Waals surface area contributed by atoms with Gasteiger partial charge in [-0.15, -0.1) is 0 Å². The van der Waals surface area contributed by atoms with Gasteiger partial charge in [-0.1, -0.05) is 5.16 Å². The van der Waals surface area contributed by atoms with E-state index in [1.807, 2.05) is 0 Å². The third kappa shape index (κ3) is 3.19. The molecule has 90 valence electrons. The van der Waals surface area contributed by atoms with Crippen molar-refractivity contribution in [2.45, 2.75) is 37.9 Å². The second kappa shape index (κ2) is 4.40. The van der Waals surface area contributed by atoms with E-state index in [1.165, 1.54) is 0 Å². The van der Waals surface area contributed by atoms with E-state index < -0.39 is 12.6 Å². The molecule has 1 N–H and O–H groups in total. The summed E-state index contributed by atoms with van der Waals surface area (Å²) in [7, 11) is 0. The predicted octanol–water partition coefficient (Wildman–Crippen LogP) is 1.47. The molecule has 0 bridgehead atoms. The molecule has 0 spiro atoms. The Labute approximate surface area is 90.2 Å². The molecule has 2 rings (SSSR count). The molecule has 16 heavy (non-hydrogen) atoms. The van der Waals surface area contributed by atoms with Gasteiger partial charge >= 0.3 is 6.18 Å². The first kappa shape index (κ1) is 11.4. The Bertz CT molecular complexity index is 344. The molecule has 0 radical (unpaired) electrons. The normalized spacial score (nSPS) is 21.6. The number of nitrogens with zero attached hydrogens (tertiary/aromatic N) is 2. The number of hydrogen-bond donors (Lipinski definition) is 1. The lowest BCUT2D eigenvalue weighted by Gasteiger charge is -2.04. The van der Waals surface area contributed by atoms with E-state index in [2.05, 4.69) is 15.5 Å². The number of aromatic nitrogens is 2. The standard InChI is InChI=1S/C9H12F3N3O/c10-9(11,12)5-7-14-8(16-15-7)4-6-2-1-3-13-6/h6,13H,1-5H2. The molecule has 1 atom stereocenters. The van der Waals surface area contributed by atoms with Gasteiger partial charge in [-0.25, -0.2) is 0 Å². The van der Waals surface area contributed by atoms with Crippen LogP contribution in [0.25, 0.3) is 0 Å². The van der Waals surface area contributed by atoms with Crippen LogP contribution >= 0.6 is 0 Å². The van der Waals surface area contributed by atoms with Gasteiger partial charge in [0.1, 0.15) is 6.42 Å². The maximum absolute atomic E-state index is 12.0. The van der Waals surface area contributed by atoms with E-state index in [4.69, 9.17) is 4.52 Å². The molecule has 1 fully saturated rings. The van der Waals surface area contributed by atoms with Gasteiger partial charge in [0.15, 0.2) is 5.82 Å². The zero-order valence-corrected chi connectivity index (χ0v) is 8.55. The molecule has 0 saturated carbocycles. The molecule has 1 aliphatic heterocycles. The summed E-state index contributed by atoms with van der Waals surface area (Å²) in [6.07, 6.45) is -2.84. The van der Waals surface area contributed by atoms with E-state index >= 15 is 0 Å². The molecule has 1 unspecified atom stereocenters. The maximum Gasteiger partial charge on any atom is 0.396 e. The van der Waals surface area contributed by atoms with Gasteiger partial charge in [0.05, 0.1) is 0 Å². The van der Waals surface area contributed by atoms with E-state index in [1.54, 1.807) is 0 Å². The first-order valence-electron chi connectivity index (χ1n) is 5.14. The number of halogens is 3. The molecule has 0 aliphatic carbocycles. The van der Waals surface area contributed by atoms with Crippen LogP contribution in [0.1, 0.15) is 24.6 Å². The summed E-state index contributed by atoms with van der Waals surface area (Å²) >= 11 is 0. The topological polar surface area (TPSA) is 51.0 Å². The SMILES string of the molecule is FC(F)(F)Cc1noc(CC2CCCN2)n1. The lowest BCUT2D eigenvalue weighted by molar-refractivity contribution is -0.128. The summed E-state index contributed by atoms with van der Waals surface area (Å²) in [5, 5.41) is 6.52. The summed E-state index contributed by atoms with van der Waals surface area (Å²) in [6.45, 7) is 0.939. The summed E-state index contributed by atoms with van der Waals surface area (Å²) in [5.74, 6) is -0.0147. The zero-order valence-electron chi connectivity index (χ0n) is 8.55. The maximum atomic E-state index is 12.0. The molecular weight excluding hydrogens is 223 g/mol. The van der Waals surface area contributed by atoms with Gasteiger partial charge in [-0.05, 0) is 19.4 Å². The fourth-order valence-corrected chi connectivity index (χ4v) is 1.77. The van der Waals surface area contributed by atoms with Gasteiger partial charge in [0, 0.05) is 12.5 Å². The smallest absolute Gasteiger partial charge is 0.339 e. The quantitative estimate of drug-likeness (QED) is 0.861. The van der Waals surface area contributed by atoms with Crippen LogP contribution in [0.4, 0.5) is 13.2 Å². The molecule has 1 aromatic heterocycles. The van der Waals surface area contributed by atoms with E-state index in [-0.39, 0.29) is 17.8 Å². The lowest BCUT2D eigenvalue weighted by Crippen LogP contribution is -2.23. The summed E-state index contributed by atoms with van der Waals surface area (Å²) in [4.78, 5) is 3.72. The number of rotatable bonds is 3. The van der Waals surface area contributed by atoms with Gasteiger partial charge in [0.25, 0.3) is 0 Å². The summed E-state index contributed by atoms with van der Waals surface area (Å²) in [5.41, 5.74) is 0. The van der Waals surface area contributed by atoms with E-state index in [0.29, 0.717) is 6.42 Å². The van der Waals surface area contributed by atoms with Gasteiger partial charge < -0.3 is 9.84 Å². The molecule has 7 heteroatoms. The minimum Gasteiger partial charge on any atom is -0.339 e. The van der Waals surface area contributed by atoms with E-state index in [9.17, 15) is 13.2 Å². The Morgan fingerprint density at radius 1 is 1.44 bits per heavy atom. The molecule has 0 amide bonds. The second-order valence-corrected chi connectivity index (χ2v) is 3.89. The van der Waals surface area contributed by atoms with Crippen LogP contribution in [0.15, 0.2) is 4.52 Å². The Hall–Kier alpha value is -1.11. The first-order chi connectivity index (χ1) is 7.53. The minimum absolute atomic E-state index is 0.249. The van der Waals surface area contributed by atoms with Crippen LogP contribution in [0.2, 0.25) is 0 Å². The minimum atomic E-state index is -4.28. The van der Waals surface area contributed by atoms with E-state index in [0.717, 1.165) is 19.4 Å². The van der Waals surface area contributed by atoms with Crippen molar-refractivity contribution in [3.63, 3.8) is 0 Å². The second-order valence-electron chi connectivity index (χ2n) is 3.89. The Morgan fingerprint density at radius 2 is 2.25 bits per heavy atom. The van der Waals surface area contributed by atoms with Crippen LogP contribution in [-0.4, -0.2) is 28.9 Å². The Kier molecular flexibility index (Phi) is 3.13. The van der Waals surface area contributed by atoms with Crippen LogP contribution in [0.3, 0.4) is 0 Å². The molecular formula is C9H12F3N3O. The van der Waals surface area contributed by atoms with Crippen molar-refractivity contribution in [1.29, 1.82) is 0 Å². The van der Waals surface area contributed by atoms with Crippen LogP contribution in [-0.2, 0) is 12.8 Å². The van der Waals surface area contributed by atoms with Crippen molar-refractivity contribution < 1.29 is 17.7 Å². The zero-order chi connectivity index (χ0) is 11.6. The van der Waals surface area contributed by atoms with Crippen molar-refractivity contribution in [3.8, 4) is 0 Å². The van der Waals surface area contributed by atoms with Crippen LogP contribution in [0.5, 0.6) is 0 Å². The highest BCUT2D eigenvalue weighted by atomic mass is 19.4. The van der Waals surface area contributed by atoms with Crippen LogP contribution < -0.4 is 5.32 Å². The number of alkyl halides is 3. The molecule has 1 aliphatic rings. The fraction of sp³-hybridized carbons (Fsp3) is 0.778. The number of hydrogen-bond acceptors (Lipinski definition) is 4. The van der Waals surface area contributed by atoms with Crippen molar-refractivity contribution in [2.75, 3.05) is 6.54 Å². The van der Waals surface area contributed by atoms with Crippen molar-refractivity contribution in [1.82, 2.24) is 15.5 Å². The van der Waals surface area contributed by atoms with Crippen molar-refractivity contribution >= 4 is 0 Å². The molecule has 4 nitrogen and oxygen atoms in total. The largest absolute Gasteiger partial charge is 0.396 e. The summed E-state index contributed by atoms with van der Waals surface area (Å²) < 4.78 is 40.8. The average Bonchev–Trinajstić information content (AvgIpc) is 2.75. The monoisotopic (exact) mass is 235 g/mol. The Morgan fingerprint density at radius 3 is 2.88 bits per heavy atom. The van der Waals surface area contributed by atoms with Crippen LogP contribution in [0, 0.1) is 0 Å².